The zero-order chi connectivity index (χ0) is 12.8. The van der Waals surface area contributed by atoms with Crippen LogP contribution in [0.1, 0.15) is 0 Å². The second kappa shape index (κ2) is 5.80. The molecule has 1 amide bonds. The number of anilines is 1. The average molecular weight is 239 g/mol. The van der Waals surface area contributed by atoms with Crippen molar-refractivity contribution in [2.45, 2.75) is 0 Å². The van der Waals surface area contributed by atoms with E-state index < -0.39 is 10.8 Å². The van der Waals surface area contributed by atoms with Gasteiger partial charge in [0.2, 0.25) is 5.91 Å². The molecule has 0 radical (unpaired) electrons. The summed E-state index contributed by atoms with van der Waals surface area (Å²) in [5.74, 6) is -0.565. The van der Waals surface area contributed by atoms with Gasteiger partial charge in [-0.2, -0.15) is 0 Å². The number of nitro benzene ring substituents is 1. The van der Waals surface area contributed by atoms with E-state index in [1.165, 1.54) is 23.1 Å². The van der Waals surface area contributed by atoms with E-state index in [9.17, 15) is 14.9 Å². The first-order valence-electron chi connectivity index (χ1n) is 4.93. The maximum atomic E-state index is 10.8. The number of benzene rings is 1. The number of rotatable bonds is 6. The van der Waals surface area contributed by atoms with Crippen LogP contribution in [0, 0.1) is 10.1 Å². The van der Waals surface area contributed by atoms with Crippen LogP contribution in [0.4, 0.5) is 11.4 Å². The van der Waals surface area contributed by atoms with Crippen molar-refractivity contribution in [3.8, 4) is 0 Å². The summed E-state index contributed by atoms with van der Waals surface area (Å²) in [4.78, 5) is 22.4. The number of hydrogen-bond donors (Lipinski definition) is 2. The van der Waals surface area contributed by atoms with Crippen molar-refractivity contribution in [2.24, 2.45) is 5.73 Å². The monoisotopic (exact) mass is 239 g/mol. The summed E-state index contributed by atoms with van der Waals surface area (Å²) in [7, 11) is 0. The lowest BCUT2D eigenvalue weighted by Crippen LogP contribution is -2.35. The fraction of sp³-hybridized carbons (Fsp3) is 0.300. The molecule has 1 aromatic rings. The number of nitrogens with zero attached hydrogens (tertiary/aromatic N) is 2. The average Bonchev–Trinajstić information content (AvgIpc) is 2.28. The molecule has 0 aliphatic carbocycles. The summed E-state index contributed by atoms with van der Waals surface area (Å²) < 4.78 is 0. The van der Waals surface area contributed by atoms with E-state index in [2.05, 4.69) is 0 Å². The highest BCUT2D eigenvalue weighted by Gasteiger charge is 2.12. The predicted octanol–water partition coefficient (Wildman–Crippen LogP) is -0.121. The minimum atomic E-state index is -0.565. The van der Waals surface area contributed by atoms with Gasteiger partial charge in [0, 0.05) is 24.4 Å². The predicted molar refractivity (Wildman–Crippen MR) is 61.6 cm³/mol. The molecule has 0 aliphatic heterocycles. The molecule has 0 spiro atoms. The second-order valence-electron chi connectivity index (χ2n) is 3.39. The maximum Gasteiger partial charge on any atom is 0.271 e. The largest absolute Gasteiger partial charge is 0.395 e. The SMILES string of the molecule is NC(=O)CN(CCO)c1cccc([N+](=O)[O-])c1. The molecule has 1 aromatic carbocycles. The highest BCUT2D eigenvalue weighted by atomic mass is 16.6. The van der Waals surface area contributed by atoms with E-state index in [0.717, 1.165) is 0 Å². The highest BCUT2D eigenvalue weighted by molar-refractivity contribution is 5.79. The van der Waals surface area contributed by atoms with Gasteiger partial charge in [-0.3, -0.25) is 14.9 Å². The quantitative estimate of drug-likeness (QED) is 0.531. The molecule has 0 unspecified atom stereocenters. The number of primary amides is 1. The van der Waals surface area contributed by atoms with E-state index >= 15 is 0 Å². The Balaban J connectivity index is 2.96. The molecule has 92 valence electrons. The van der Waals surface area contributed by atoms with Gasteiger partial charge >= 0.3 is 0 Å². The van der Waals surface area contributed by atoms with Crippen LogP contribution in [0.25, 0.3) is 0 Å². The van der Waals surface area contributed by atoms with E-state index in [0.29, 0.717) is 5.69 Å². The Labute approximate surface area is 97.6 Å². The van der Waals surface area contributed by atoms with E-state index in [1.807, 2.05) is 0 Å². The Morgan fingerprint density at radius 1 is 1.53 bits per heavy atom. The third-order valence-electron chi connectivity index (χ3n) is 2.12. The standard InChI is InChI=1S/C10H13N3O4/c11-10(15)7-12(4-5-14)8-2-1-3-9(6-8)13(16)17/h1-3,6,14H,4-5,7H2,(H2,11,15). The molecule has 0 aromatic heterocycles. The van der Waals surface area contributed by atoms with Gasteiger partial charge in [0.1, 0.15) is 0 Å². The van der Waals surface area contributed by atoms with Crippen molar-refractivity contribution in [1.29, 1.82) is 0 Å². The Morgan fingerprint density at radius 2 is 2.24 bits per heavy atom. The number of nitro groups is 1. The molecule has 17 heavy (non-hydrogen) atoms. The molecule has 0 fully saturated rings. The van der Waals surface area contributed by atoms with Crippen molar-refractivity contribution in [2.75, 3.05) is 24.6 Å². The van der Waals surface area contributed by atoms with Crippen LogP contribution < -0.4 is 10.6 Å². The Morgan fingerprint density at radius 3 is 2.76 bits per heavy atom. The molecule has 7 nitrogen and oxygen atoms in total. The molecule has 1 rings (SSSR count). The van der Waals surface area contributed by atoms with Crippen LogP contribution in [0.2, 0.25) is 0 Å². The minimum absolute atomic E-state index is 0.0742. The van der Waals surface area contributed by atoms with Gasteiger partial charge in [0.05, 0.1) is 18.1 Å². The number of amides is 1. The van der Waals surface area contributed by atoms with Gasteiger partial charge in [-0.05, 0) is 6.07 Å². The van der Waals surface area contributed by atoms with Crippen LogP contribution in [-0.4, -0.2) is 35.6 Å². The van der Waals surface area contributed by atoms with Gasteiger partial charge in [-0.15, -0.1) is 0 Å². The van der Waals surface area contributed by atoms with Crippen molar-refractivity contribution in [1.82, 2.24) is 0 Å². The fourth-order valence-corrected chi connectivity index (χ4v) is 1.41. The number of carbonyl (C=O) groups excluding carboxylic acids is 1. The molecule has 0 heterocycles. The number of hydrogen-bond acceptors (Lipinski definition) is 5. The Kier molecular flexibility index (Phi) is 4.41. The number of carbonyl (C=O) groups is 1. The first-order valence-corrected chi connectivity index (χ1v) is 4.93. The molecule has 0 bridgehead atoms. The first kappa shape index (κ1) is 12.9. The third kappa shape index (κ3) is 3.72. The molecular weight excluding hydrogens is 226 g/mol. The van der Waals surface area contributed by atoms with Gasteiger partial charge in [-0.25, -0.2) is 0 Å². The summed E-state index contributed by atoms with van der Waals surface area (Å²) in [5, 5.41) is 19.5. The Hall–Kier alpha value is -2.15. The van der Waals surface area contributed by atoms with Crippen molar-refractivity contribution in [3.05, 3.63) is 34.4 Å². The summed E-state index contributed by atoms with van der Waals surface area (Å²) in [6, 6.07) is 5.81. The minimum Gasteiger partial charge on any atom is -0.395 e. The van der Waals surface area contributed by atoms with Crippen LogP contribution in [-0.2, 0) is 4.79 Å². The fourth-order valence-electron chi connectivity index (χ4n) is 1.41. The normalized spacial score (nSPS) is 9.94. The second-order valence-corrected chi connectivity index (χ2v) is 3.39. The zero-order valence-electron chi connectivity index (χ0n) is 9.07. The van der Waals surface area contributed by atoms with Crippen LogP contribution in [0.5, 0.6) is 0 Å². The smallest absolute Gasteiger partial charge is 0.271 e. The van der Waals surface area contributed by atoms with Crippen molar-refractivity contribution >= 4 is 17.3 Å². The van der Waals surface area contributed by atoms with Crippen LogP contribution in [0.3, 0.4) is 0 Å². The first-order chi connectivity index (χ1) is 8.04. The number of nitrogens with two attached hydrogens (primary N) is 1. The van der Waals surface area contributed by atoms with Crippen molar-refractivity contribution < 1.29 is 14.8 Å². The summed E-state index contributed by atoms with van der Waals surface area (Å²) >= 11 is 0. The van der Waals surface area contributed by atoms with Crippen LogP contribution in [0.15, 0.2) is 24.3 Å². The zero-order valence-corrected chi connectivity index (χ0v) is 9.07. The molecule has 0 saturated heterocycles. The van der Waals surface area contributed by atoms with Crippen LogP contribution >= 0.6 is 0 Å². The van der Waals surface area contributed by atoms with E-state index in [1.54, 1.807) is 6.07 Å². The summed E-state index contributed by atoms with van der Waals surface area (Å²) in [6.07, 6.45) is 0. The Bertz CT molecular complexity index is 422. The van der Waals surface area contributed by atoms with Gasteiger partial charge < -0.3 is 15.7 Å². The number of aliphatic hydroxyl groups excluding tert-OH is 1. The molecular formula is C10H13N3O4. The lowest BCUT2D eigenvalue weighted by molar-refractivity contribution is -0.384. The van der Waals surface area contributed by atoms with Gasteiger partial charge in [-0.1, -0.05) is 6.07 Å². The van der Waals surface area contributed by atoms with Crippen molar-refractivity contribution in [3.63, 3.8) is 0 Å². The molecule has 3 N–H and O–H groups in total. The summed E-state index contributed by atoms with van der Waals surface area (Å²) in [5.41, 5.74) is 5.47. The topological polar surface area (TPSA) is 110 Å². The molecule has 0 atom stereocenters. The van der Waals surface area contributed by atoms with E-state index in [4.69, 9.17) is 10.8 Å². The molecule has 0 aliphatic rings. The highest BCUT2D eigenvalue weighted by Crippen LogP contribution is 2.20. The number of non-ortho nitro benzene ring substituents is 1. The lowest BCUT2D eigenvalue weighted by Gasteiger charge is -2.21. The lowest BCUT2D eigenvalue weighted by atomic mass is 10.2. The summed E-state index contributed by atoms with van der Waals surface area (Å²) in [6.45, 7) is -0.0815. The van der Waals surface area contributed by atoms with Gasteiger partial charge in [0.25, 0.3) is 5.69 Å². The molecule has 7 heteroatoms. The third-order valence-corrected chi connectivity index (χ3v) is 2.12. The van der Waals surface area contributed by atoms with E-state index in [-0.39, 0.29) is 25.4 Å². The number of aliphatic hydroxyl groups is 1. The van der Waals surface area contributed by atoms with Gasteiger partial charge in [0.15, 0.2) is 0 Å². The molecule has 0 saturated carbocycles. The maximum absolute atomic E-state index is 10.8.